The molecule has 17 heavy (non-hydrogen) atoms. The first-order valence-electron chi connectivity index (χ1n) is 6.78. The normalized spacial score (nSPS) is 23.7. The van der Waals surface area contributed by atoms with E-state index < -0.39 is 0 Å². The van der Waals surface area contributed by atoms with E-state index in [-0.39, 0.29) is 18.0 Å². The van der Waals surface area contributed by atoms with E-state index in [1.807, 2.05) is 6.92 Å². The van der Waals surface area contributed by atoms with Crippen LogP contribution in [0.5, 0.6) is 0 Å². The minimum Gasteiger partial charge on any atom is -0.355 e. The van der Waals surface area contributed by atoms with Gasteiger partial charge in [-0.3, -0.25) is 9.69 Å². The zero-order valence-electron chi connectivity index (χ0n) is 11.4. The molecule has 1 amide bonds. The minimum absolute atomic E-state index is 0.0477. The van der Waals surface area contributed by atoms with Gasteiger partial charge in [0.1, 0.15) is 0 Å². The summed E-state index contributed by atoms with van der Waals surface area (Å²) in [4.78, 5) is 14.1. The Morgan fingerprint density at radius 1 is 1.47 bits per heavy atom. The molecule has 0 radical (unpaired) electrons. The predicted octanol–water partition coefficient (Wildman–Crippen LogP) is 0.960. The highest BCUT2D eigenvalue weighted by Crippen LogP contribution is 2.11. The molecule has 0 aromatic carbocycles. The smallest absolute Gasteiger partial charge is 0.237 e. The lowest BCUT2D eigenvalue weighted by atomic mass is 10.0. The topological polar surface area (TPSA) is 58.4 Å². The summed E-state index contributed by atoms with van der Waals surface area (Å²) in [5.41, 5.74) is 5.93. The molecule has 0 aromatic heterocycles. The van der Waals surface area contributed by atoms with E-state index in [1.165, 1.54) is 0 Å². The average Bonchev–Trinajstić information content (AvgIpc) is 2.27. The number of nitrogens with two attached hydrogens (primary N) is 1. The van der Waals surface area contributed by atoms with Crippen molar-refractivity contribution in [2.75, 3.05) is 19.6 Å². The van der Waals surface area contributed by atoms with Gasteiger partial charge in [0.25, 0.3) is 0 Å². The Kier molecular flexibility index (Phi) is 5.92. The Labute approximate surface area is 105 Å². The van der Waals surface area contributed by atoms with Crippen LogP contribution in [0.4, 0.5) is 0 Å². The summed E-state index contributed by atoms with van der Waals surface area (Å²) in [5, 5.41) is 3.00. The van der Waals surface area contributed by atoms with E-state index in [9.17, 15) is 4.79 Å². The third kappa shape index (κ3) is 5.04. The monoisotopic (exact) mass is 241 g/mol. The van der Waals surface area contributed by atoms with Crippen LogP contribution in [0.1, 0.15) is 40.0 Å². The van der Waals surface area contributed by atoms with Gasteiger partial charge < -0.3 is 11.1 Å². The van der Waals surface area contributed by atoms with Crippen LogP contribution < -0.4 is 11.1 Å². The van der Waals surface area contributed by atoms with E-state index in [1.54, 1.807) is 0 Å². The van der Waals surface area contributed by atoms with Crippen LogP contribution in [0, 0.1) is 5.92 Å². The Morgan fingerprint density at radius 3 is 2.76 bits per heavy atom. The molecule has 1 saturated heterocycles. The summed E-state index contributed by atoms with van der Waals surface area (Å²) in [6.07, 6.45) is 3.22. The highest BCUT2D eigenvalue weighted by molar-refractivity contribution is 5.81. The molecule has 0 bridgehead atoms. The van der Waals surface area contributed by atoms with Crippen molar-refractivity contribution in [1.82, 2.24) is 10.2 Å². The molecule has 1 aliphatic heterocycles. The van der Waals surface area contributed by atoms with E-state index in [0.29, 0.717) is 5.92 Å². The number of carbonyl (C=O) groups excluding carboxylic acids is 1. The third-order valence-corrected chi connectivity index (χ3v) is 3.44. The van der Waals surface area contributed by atoms with Crippen molar-refractivity contribution < 1.29 is 4.79 Å². The molecule has 2 atom stereocenters. The molecule has 0 aromatic rings. The molecule has 0 saturated carbocycles. The van der Waals surface area contributed by atoms with Crippen molar-refractivity contribution >= 4 is 5.91 Å². The zero-order chi connectivity index (χ0) is 12.8. The molecule has 4 heteroatoms. The second kappa shape index (κ2) is 6.97. The quantitative estimate of drug-likeness (QED) is 0.754. The summed E-state index contributed by atoms with van der Waals surface area (Å²) < 4.78 is 0. The van der Waals surface area contributed by atoms with E-state index in [0.717, 1.165) is 38.9 Å². The van der Waals surface area contributed by atoms with Gasteiger partial charge in [-0.2, -0.15) is 0 Å². The maximum Gasteiger partial charge on any atom is 0.237 e. The van der Waals surface area contributed by atoms with Gasteiger partial charge >= 0.3 is 0 Å². The number of amides is 1. The second-order valence-corrected chi connectivity index (χ2v) is 5.55. The molecule has 0 aliphatic carbocycles. The van der Waals surface area contributed by atoms with Gasteiger partial charge in [0.05, 0.1) is 6.04 Å². The number of nitrogens with zero attached hydrogens (tertiary/aromatic N) is 1. The molecule has 4 nitrogen and oxygen atoms in total. The van der Waals surface area contributed by atoms with Crippen molar-refractivity contribution in [1.29, 1.82) is 0 Å². The lowest BCUT2D eigenvalue weighted by Crippen LogP contribution is -2.52. The number of carbonyl (C=O) groups is 1. The number of hydrogen-bond donors (Lipinski definition) is 2. The van der Waals surface area contributed by atoms with Crippen LogP contribution in [-0.2, 0) is 4.79 Å². The van der Waals surface area contributed by atoms with Gasteiger partial charge in [-0.25, -0.2) is 0 Å². The Morgan fingerprint density at radius 2 is 2.18 bits per heavy atom. The first kappa shape index (κ1) is 14.5. The lowest BCUT2D eigenvalue weighted by molar-refractivity contribution is -0.126. The summed E-state index contributed by atoms with van der Waals surface area (Å²) in [5.74, 6) is 0.772. The average molecular weight is 241 g/mol. The van der Waals surface area contributed by atoms with E-state index in [4.69, 9.17) is 5.73 Å². The van der Waals surface area contributed by atoms with Gasteiger partial charge in [0.2, 0.25) is 5.91 Å². The number of likely N-dealkylation sites (tertiary alicyclic amines) is 1. The number of piperidine rings is 1. The SMILES string of the molecule is CC(C)CCNC(=O)C(C)N1CCCC(N)C1. The fraction of sp³-hybridized carbons (Fsp3) is 0.923. The molecule has 2 unspecified atom stereocenters. The van der Waals surface area contributed by atoms with Crippen LogP contribution in [-0.4, -0.2) is 42.5 Å². The predicted molar refractivity (Wildman–Crippen MR) is 70.7 cm³/mol. The van der Waals surface area contributed by atoms with Crippen molar-refractivity contribution in [2.24, 2.45) is 11.7 Å². The number of rotatable bonds is 5. The molecule has 1 heterocycles. The van der Waals surface area contributed by atoms with E-state index in [2.05, 4.69) is 24.1 Å². The Bertz CT molecular complexity index is 243. The summed E-state index contributed by atoms with van der Waals surface area (Å²) in [6.45, 7) is 8.92. The molecule has 100 valence electrons. The molecular weight excluding hydrogens is 214 g/mol. The van der Waals surface area contributed by atoms with Crippen molar-refractivity contribution in [3.05, 3.63) is 0 Å². The summed E-state index contributed by atoms with van der Waals surface area (Å²) in [7, 11) is 0. The van der Waals surface area contributed by atoms with Crippen LogP contribution in [0.15, 0.2) is 0 Å². The molecule has 3 N–H and O–H groups in total. The molecule has 1 aliphatic rings. The largest absolute Gasteiger partial charge is 0.355 e. The Balaban J connectivity index is 2.30. The zero-order valence-corrected chi connectivity index (χ0v) is 11.4. The summed E-state index contributed by atoms with van der Waals surface area (Å²) >= 11 is 0. The van der Waals surface area contributed by atoms with Gasteiger partial charge in [-0.1, -0.05) is 13.8 Å². The second-order valence-electron chi connectivity index (χ2n) is 5.55. The van der Waals surface area contributed by atoms with Gasteiger partial charge in [0, 0.05) is 19.1 Å². The van der Waals surface area contributed by atoms with Crippen molar-refractivity contribution in [2.45, 2.75) is 52.1 Å². The van der Waals surface area contributed by atoms with Gasteiger partial charge in [-0.05, 0) is 38.6 Å². The lowest BCUT2D eigenvalue weighted by Gasteiger charge is -2.34. The van der Waals surface area contributed by atoms with Gasteiger partial charge in [0.15, 0.2) is 0 Å². The van der Waals surface area contributed by atoms with Crippen molar-refractivity contribution in [3.63, 3.8) is 0 Å². The molecule has 1 rings (SSSR count). The van der Waals surface area contributed by atoms with Crippen LogP contribution in [0.2, 0.25) is 0 Å². The van der Waals surface area contributed by atoms with Crippen LogP contribution >= 0.6 is 0 Å². The highest BCUT2D eigenvalue weighted by atomic mass is 16.2. The maximum atomic E-state index is 11.9. The first-order valence-corrected chi connectivity index (χ1v) is 6.78. The molecule has 0 spiro atoms. The number of hydrogen-bond acceptors (Lipinski definition) is 3. The fourth-order valence-corrected chi connectivity index (χ4v) is 2.19. The van der Waals surface area contributed by atoms with Crippen LogP contribution in [0.25, 0.3) is 0 Å². The van der Waals surface area contributed by atoms with Crippen LogP contribution in [0.3, 0.4) is 0 Å². The molecule has 1 fully saturated rings. The third-order valence-electron chi connectivity index (χ3n) is 3.44. The fourth-order valence-electron chi connectivity index (χ4n) is 2.19. The summed E-state index contributed by atoms with van der Waals surface area (Å²) in [6, 6.07) is 0.183. The van der Waals surface area contributed by atoms with Crippen molar-refractivity contribution in [3.8, 4) is 0 Å². The molecular formula is C13H27N3O. The maximum absolute atomic E-state index is 11.9. The minimum atomic E-state index is -0.0477. The van der Waals surface area contributed by atoms with E-state index >= 15 is 0 Å². The Hall–Kier alpha value is -0.610. The standard InChI is InChI=1S/C13H27N3O/c1-10(2)6-7-15-13(17)11(3)16-8-4-5-12(14)9-16/h10-12H,4-9,14H2,1-3H3,(H,15,17). The number of nitrogens with one attached hydrogen (secondary N) is 1. The highest BCUT2D eigenvalue weighted by Gasteiger charge is 2.25. The van der Waals surface area contributed by atoms with Gasteiger partial charge in [-0.15, -0.1) is 0 Å². The first-order chi connectivity index (χ1) is 8.00.